The van der Waals surface area contributed by atoms with Crippen LogP contribution in [0.4, 0.5) is 0 Å². The second kappa shape index (κ2) is 4.59. The van der Waals surface area contributed by atoms with Gasteiger partial charge in [0.2, 0.25) is 0 Å². The van der Waals surface area contributed by atoms with Crippen LogP contribution in [0.2, 0.25) is 0 Å². The molecule has 52 valence electrons. The maximum atomic E-state index is 5.46. The molecule has 0 rings (SSSR count). The molecule has 0 heterocycles. The van der Waals surface area contributed by atoms with Crippen molar-refractivity contribution in [2.45, 2.75) is 0 Å². The second-order valence-corrected chi connectivity index (χ2v) is 2.60. The van der Waals surface area contributed by atoms with Crippen molar-refractivity contribution in [2.24, 2.45) is 0 Å². The van der Waals surface area contributed by atoms with Crippen LogP contribution in [-0.4, -0.2) is 25.5 Å². The maximum absolute atomic E-state index is 5.46. The smallest absolute Gasteiger partial charge is 0.0331 e. The summed E-state index contributed by atoms with van der Waals surface area (Å²) < 4.78 is 0. The molecule has 0 unspecified atom stereocenters. The first-order valence-electron chi connectivity index (χ1n) is 2.78. The number of hydrogen-bond acceptors (Lipinski definition) is 1. The monoisotopic (exact) mass is 145 g/mol. The summed E-state index contributed by atoms with van der Waals surface area (Å²) in [6, 6.07) is 0. The minimum absolute atomic E-state index is 0.580. The zero-order chi connectivity index (χ0) is 7.28. The molecule has 0 aliphatic heterocycles. The predicted octanol–water partition coefficient (Wildman–Crippen LogP) is 1.86. The average molecular weight is 146 g/mol. The molecule has 1 nitrogen and oxygen atoms in total. The Labute approximate surface area is 61.6 Å². The number of nitrogens with zero attached hydrogens (tertiary/aromatic N) is 1. The number of rotatable bonds is 3. The fraction of sp³-hybridized carbons (Fsp3) is 0.429. The van der Waals surface area contributed by atoms with E-state index in [1.165, 1.54) is 0 Å². The molecule has 0 saturated carbocycles. The first-order chi connectivity index (χ1) is 4.13. The predicted molar refractivity (Wildman–Crippen MR) is 42.7 cm³/mol. The van der Waals surface area contributed by atoms with E-state index in [1.54, 1.807) is 6.08 Å². The number of allylic oxidation sites excluding steroid dienone is 2. The van der Waals surface area contributed by atoms with Gasteiger partial charge in [-0.05, 0) is 20.2 Å². The summed E-state index contributed by atoms with van der Waals surface area (Å²) in [6.45, 7) is 4.42. The minimum atomic E-state index is 0.580. The summed E-state index contributed by atoms with van der Waals surface area (Å²) in [7, 11) is 4.00. The maximum Gasteiger partial charge on any atom is 0.0331 e. The van der Waals surface area contributed by atoms with Crippen molar-refractivity contribution in [1.29, 1.82) is 0 Å². The van der Waals surface area contributed by atoms with E-state index in [1.807, 2.05) is 20.2 Å². The van der Waals surface area contributed by atoms with Crippen LogP contribution in [0.5, 0.6) is 0 Å². The Morgan fingerprint density at radius 3 is 2.56 bits per heavy atom. The Hall–Kier alpha value is -0.270. The highest BCUT2D eigenvalue weighted by atomic mass is 35.5. The van der Waals surface area contributed by atoms with E-state index < -0.39 is 0 Å². The van der Waals surface area contributed by atoms with Crippen molar-refractivity contribution < 1.29 is 0 Å². The van der Waals surface area contributed by atoms with Crippen LogP contribution in [0.1, 0.15) is 0 Å². The lowest BCUT2D eigenvalue weighted by Gasteiger charge is -2.02. The van der Waals surface area contributed by atoms with Gasteiger partial charge in [0.25, 0.3) is 0 Å². The highest BCUT2D eigenvalue weighted by molar-refractivity contribution is 6.30. The van der Waals surface area contributed by atoms with Crippen molar-refractivity contribution in [1.82, 2.24) is 4.90 Å². The van der Waals surface area contributed by atoms with E-state index in [0.29, 0.717) is 5.03 Å². The SMILES string of the molecule is C=C(Cl)/C=C\CN(C)C. The molecule has 0 aromatic carbocycles. The molecule has 0 N–H and O–H groups in total. The van der Waals surface area contributed by atoms with Gasteiger partial charge in [-0.25, -0.2) is 0 Å². The zero-order valence-electron chi connectivity index (χ0n) is 5.89. The lowest BCUT2D eigenvalue weighted by atomic mass is 10.4. The molecule has 0 amide bonds. The van der Waals surface area contributed by atoms with Gasteiger partial charge in [0.1, 0.15) is 0 Å². The third-order valence-electron chi connectivity index (χ3n) is 0.769. The molecule has 0 spiro atoms. The summed E-state index contributed by atoms with van der Waals surface area (Å²) in [6.07, 6.45) is 3.76. The molecular formula is C7H12ClN. The summed E-state index contributed by atoms with van der Waals surface area (Å²) in [4.78, 5) is 2.05. The van der Waals surface area contributed by atoms with Crippen molar-refractivity contribution in [3.05, 3.63) is 23.8 Å². The Kier molecular flexibility index (Phi) is 4.46. The summed E-state index contributed by atoms with van der Waals surface area (Å²) in [5.41, 5.74) is 0. The second-order valence-electron chi connectivity index (χ2n) is 2.11. The molecule has 2 heteroatoms. The van der Waals surface area contributed by atoms with Gasteiger partial charge in [-0.1, -0.05) is 24.3 Å². The molecular weight excluding hydrogens is 134 g/mol. The van der Waals surface area contributed by atoms with Crippen molar-refractivity contribution in [3.63, 3.8) is 0 Å². The Morgan fingerprint density at radius 2 is 2.22 bits per heavy atom. The molecule has 0 atom stereocenters. The Morgan fingerprint density at radius 1 is 1.67 bits per heavy atom. The van der Waals surface area contributed by atoms with Crippen LogP contribution in [0, 0.1) is 0 Å². The van der Waals surface area contributed by atoms with Crippen LogP contribution in [0.3, 0.4) is 0 Å². The molecule has 9 heavy (non-hydrogen) atoms. The number of likely N-dealkylation sites (N-methyl/N-ethyl adjacent to an activating group) is 1. The van der Waals surface area contributed by atoms with Gasteiger partial charge in [-0.15, -0.1) is 0 Å². The molecule has 0 bridgehead atoms. The standard InChI is InChI=1S/C7H12ClN/c1-7(8)5-4-6-9(2)3/h4-5H,1,6H2,2-3H3/b5-4-. The van der Waals surface area contributed by atoms with Gasteiger partial charge < -0.3 is 4.90 Å². The normalized spacial score (nSPS) is 11.1. The highest BCUT2D eigenvalue weighted by Gasteiger charge is 1.81. The van der Waals surface area contributed by atoms with Crippen LogP contribution < -0.4 is 0 Å². The van der Waals surface area contributed by atoms with Gasteiger partial charge in [-0.2, -0.15) is 0 Å². The van der Waals surface area contributed by atoms with Gasteiger partial charge in [-0.3, -0.25) is 0 Å². The quantitative estimate of drug-likeness (QED) is 0.548. The fourth-order valence-electron chi connectivity index (χ4n) is 0.391. The van der Waals surface area contributed by atoms with Crippen LogP contribution >= 0.6 is 11.6 Å². The van der Waals surface area contributed by atoms with Crippen LogP contribution in [0.25, 0.3) is 0 Å². The molecule has 0 aromatic heterocycles. The molecule has 0 aliphatic rings. The number of hydrogen-bond donors (Lipinski definition) is 0. The summed E-state index contributed by atoms with van der Waals surface area (Å²) in [5.74, 6) is 0. The highest BCUT2D eigenvalue weighted by Crippen LogP contribution is 1.96. The van der Waals surface area contributed by atoms with Crippen molar-refractivity contribution in [2.75, 3.05) is 20.6 Å². The molecule has 0 aliphatic carbocycles. The Balaban J connectivity index is 3.36. The average Bonchev–Trinajstić information content (AvgIpc) is 1.63. The van der Waals surface area contributed by atoms with Crippen LogP contribution in [-0.2, 0) is 0 Å². The van der Waals surface area contributed by atoms with Gasteiger partial charge in [0.15, 0.2) is 0 Å². The molecule has 0 fully saturated rings. The van der Waals surface area contributed by atoms with E-state index in [0.717, 1.165) is 6.54 Å². The molecule has 0 aromatic rings. The van der Waals surface area contributed by atoms with E-state index >= 15 is 0 Å². The van der Waals surface area contributed by atoms with Crippen molar-refractivity contribution in [3.8, 4) is 0 Å². The third-order valence-corrected chi connectivity index (χ3v) is 0.895. The largest absolute Gasteiger partial charge is 0.306 e. The van der Waals surface area contributed by atoms with E-state index in [-0.39, 0.29) is 0 Å². The Bertz CT molecular complexity index is 116. The lowest BCUT2D eigenvalue weighted by Crippen LogP contribution is -2.10. The van der Waals surface area contributed by atoms with E-state index in [9.17, 15) is 0 Å². The first-order valence-corrected chi connectivity index (χ1v) is 3.16. The van der Waals surface area contributed by atoms with Gasteiger partial charge in [0.05, 0.1) is 0 Å². The summed E-state index contributed by atoms with van der Waals surface area (Å²) >= 11 is 5.46. The minimum Gasteiger partial charge on any atom is -0.306 e. The van der Waals surface area contributed by atoms with Crippen molar-refractivity contribution >= 4 is 11.6 Å². The summed E-state index contributed by atoms with van der Waals surface area (Å²) in [5, 5.41) is 0.580. The van der Waals surface area contributed by atoms with E-state index in [4.69, 9.17) is 11.6 Å². The van der Waals surface area contributed by atoms with Gasteiger partial charge in [0, 0.05) is 11.6 Å². The number of halogens is 1. The van der Waals surface area contributed by atoms with Gasteiger partial charge >= 0.3 is 0 Å². The zero-order valence-corrected chi connectivity index (χ0v) is 6.65. The first kappa shape index (κ1) is 8.73. The fourth-order valence-corrected chi connectivity index (χ4v) is 0.480. The third kappa shape index (κ3) is 7.73. The molecule has 0 saturated heterocycles. The lowest BCUT2D eigenvalue weighted by molar-refractivity contribution is 0.456. The molecule has 0 radical (unpaired) electrons. The van der Waals surface area contributed by atoms with Crippen LogP contribution in [0.15, 0.2) is 23.8 Å². The van der Waals surface area contributed by atoms with E-state index in [2.05, 4.69) is 11.5 Å². The topological polar surface area (TPSA) is 3.24 Å².